The van der Waals surface area contributed by atoms with Gasteiger partial charge in [-0.2, -0.15) is 0 Å². The van der Waals surface area contributed by atoms with Crippen molar-refractivity contribution in [3.63, 3.8) is 0 Å². The van der Waals surface area contributed by atoms with E-state index in [4.69, 9.17) is 11.6 Å². The lowest BCUT2D eigenvalue weighted by molar-refractivity contribution is -0.116. The molecule has 0 saturated carbocycles. The predicted octanol–water partition coefficient (Wildman–Crippen LogP) is 4.08. The number of hydrogen-bond acceptors (Lipinski definition) is 2. The summed E-state index contributed by atoms with van der Waals surface area (Å²) in [5.41, 5.74) is 2.92. The van der Waals surface area contributed by atoms with E-state index in [1.54, 1.807) is 18.2 Å². The van der Waals surface area contributed by atoms with Crippen molar-refractivity contribution in [1.82, 2.24) is 0 Å². The van der Waals surface area contributed by atoms with Gasteiger partial charge in [-0.15, -0.1) is 0 Å². The van der Waals surface area contributed by atoms with Crippen molar-refractivity contribution in [2.45, 2.75) is 12.5 Å². The molecule has 0 radical (unpaired) electrons. The summed E-state index contributed by atoms with van der Waals surface area (Å²) in [6.07, 6.45) is 0.702. The van der Waals surface area contributed by atoms with Crippen LogP contribution in [0.3, 0.4) is 0 Å². The maximum atomic E-state index is 12.3. The van der Waals surface area contributed by atoms with Crippen LogP contribution in [0, 0.1) is 0 Å². The van der Waals surface area contributed by atoms with Gasteiger partial charge in [0.05, 0.1) is 5.69 Å². The van der Waals surface area contributed by atoms with E-state index in [9.17, 15) is 4.79 Å². The molecule has 102 valence electrons. The average Bonchev–Trinajstić information content (AvgIpc) is 2.86. The Kier molecular flexibility index (Phi) is 3.68. The monoisotopic (exact) mass is 350 g/mol. The third-order valence-corrected chi connectivity index (χ3v) is 4.17. The number of amides is 1. The molecule has 2 aromatic carbocycles. The number of carbonyl (C=O) groups excluding carboxylic acids is 1. The van der Waals surface area contributed by atoms with Gasteiger partial charge >= 0.3 is 0 Å². The van der Waals surface area contributed by atoms with Gasteiger partial charge in [0.15, 0.2) is 0 Å². The quantitative estimate of drug-likeness (QED) is 0.856. The van der Waals surface area contributed by atoms with E-state index in [1.165, 1.54) is 5.56 Å². The summed E-state index contributed by atoms with van der Waals surface area (Å²) >= 11 is 9.28. The lowest BCUT2D eigenvalue weighted by atomic mass is 10.1. The molecule has 1 aliphatic heterocycles. The molecule has 0 saturated heterocycles. The molecule has 1 aliphatic rings. The van der Waals surface area contributed by atoms with Gasteiger partial charge in [0.25, 0.3) is 0 Å². The van der Waals surface area contributed by atoms with Gasteiger partial charge in [0, 0.05) is 21.6 Å². The molecule has 1 amide bonds. The minimum absolute atomic E-state index is 0.0516. The van der Waals surface area contributed by atoms with Crippen molar-refractivity contribution in [3.8, 4) is 0 Å². The first kappa shape index (κ1) is 13.5. The summed E-state index contributed by atoms with van der Waals surface area (Å²) in [7, 11) is 0. The molecule has 20 heavy (non-hydrogen) atoms. The Labute approximate surface area is 130 Å². The van der Waals surface area contributed by atoms with Crippen LogP contribution in [-0.4, -0.2) is 11.9 Å². The second-order valence-corrected chi connectivity index (χ2v) is 5.96. The number of carbonyl (C=O) groups is 1. The minimum atomic E-state index is -0.241. The number of anilines is 2. The second kappa shape index (κ2) is 5.46. The van der Waals surface area contributed by atoms with E-state index in [2.05, 4.69) is 26.6 Å². The fraction of sp³-hybridized carbons (Fsp3) is 0.133. The lowest BCUT2D eigenvalue weighted by Crippen LogP contribution is -2.32. The average molecular weight is 352 g/mol. The molecule has 2 aromatic rings. The zero-order chi connectivity index (χ0) is 14.1. The third kappa shape index (κ3) is 2.67. The molecule has 5 heteroatoms. The Morgan fingerprint density at radius 3 is 2.85 bits per heavy atom. The highest BCUT2D eigenvalue weighted by molar-refractivity contribution is 9.10. The molecule has 0 unspecified atom stereocenters. The Bertz CT molecular complexity index is 650. The number of halogens is 2. The fourth-order valence-corrected chi connectivity index (χ4v) is 3.05. The summed E-state index contributed by atoms with van der Waals surface area (Å²) < 4.78 is 0.772. The fourth-order valence-electron chi connectivity index (χ4n) is 2.27. The maximum absolute atomic E-state index is 12.3. The standard InChI is InChI=1S/C15H12BrClN2O/c16-11-8-10(17)5-6-13(11)19-15(20)14-7-9-3-1-2-4-12(9)18-14/h1-6,8,14,18H,7H2,(H,19,20)/t14-/m0/s1. The maximum Gasteiger partial charge on any atom is 0.247 e. The van der Waals surface area contributed by atoms with Gasteiger partial charge in [-0.1, -0.05) is 29.8 Å². The highest BCUT2D eigenvalue weighted by Gasteiger charge is 2.26. The molecule has 1 heterocycles. The molecule has 0 spiro atoms. The number of hydrogen-bond donors (Lipinski definition) is 2. The molecule has 0 aliphatic carbocycles. The number of benzene rings is 2. The largest absolute Gasteiger partial charge is 0.373 e. The molecule has 0 bridgehead atoms. The van der Waals surface area contributed by atoms with Crippen molar-refractivity contribution in [3.05, 3.63) is 57.5 Å². The SMILES string of the molecule is O=C(Nc1ccc(Cl)cc1Br)[C@@H]1Cc2ccccc2N1. The molecule has 3 nitrogen and oxygen atoms in total. The van der Waals surface area contributed by atoms with Gasteiger partial charge in [-0.25, -0.2) is 0 Å². The van der Waals surface area contributed by atoms with Crippen LogP contribution >= 0.6 is 27.5 Å². The van der Waals surface area contributed by atoms with Crippen molar-refractivity contribution in [2.75, 3.05) is 10.6 Å². The zero-order valence-electron chi connectivity index (χ0n) is 10.5. The number of fused-ring (bicyclic) bond motifs is 1. The zero-order valence-corrected chi connectivity index (χ0v) is 12.8. The smallest absolute Gasteiger partial charge is 0.247 e. The molecule has 2 N–H and O–H groups in total. The molecule has 1 atom stereocenters. The van der Waals surface area contributed by atoms with Crippen molar-refractivity contribution in [2.24, 2.45) is 0 Å². The van der Waals surface area contributed by atoms with Crippen LogP contribution in [0.1, 0.15) is 5.56 Å². The minimum Gasteiger partial charge on any atom is -0.373 e. The van der Waals surface area contributed by atoms with E-state index < -0.39 is 0 Å². The van der Waals surface area contributed by atoms with Gasteiger partial charge in [-0.05, 0) is 45.8 Å². The first-order valence-electron chi connectivity index (χ1n) is 6.24. The normalized spacial score (nSPS) is 16.4. The van der Waals surface area contributed by atoms with Crippen molar-refractivity contribution < 1.29 is 4.79 Å². The van der Waals surface area contributed by atoms with Crippen LogP contribution in [0.25, 0.3) is 0 Å². The van der Waals surface area contributed by atoms with Gasteiger partial charge in [0.1, 0.15) is 6.04 Å². The number of nitrogens with one attached hydrogen (secondary N) is 2. The van der Waals surface area contributed by atoms with Crippen LogP contribution in [0.4, 0.5) is 11.4 Å². The summed E-state index contributed by atoms with van der Waals surface area (Å²) in [6.45, 7) is 0. The Hall–Kier alpha value is -1.52. The number of para-hydroxylation sites is 1. The summed E-state index contributed by atoms with van der Waals surface area (Å²) in [5.74, 6) is -0.0516. The lowest BCUT2D eigenvalue weighted by Gasteiger charge is -2.13. The van der Waals surface area contributed by atoms with Crippen LogP contribution in [0.2, 0.25) is 5.02 Å². The molecule has 3 rings (SSSR count). The van der Waals surface area contributed by atoms with E-state index >= 15 is 0 Å². The predicted molar refractivity (Wildman–Crippen MR) is 85.3 cm³/mol. The molecular formula is C15H12BrClN2O. The van der Waals surface area contributed by atoms with E-state index in [0.717, 1.165) is 15.8 Å². The number of rotatable bonds is 2. The van der Waals surface area contributed by atoms with E-state index in [0.29, 0.717) is 11.4 Å². The van der Waals surface area contributed by atoms with Crippen LogP contribution in [0.15, 0.2) is 46.9 Å². The second-order valence-electron chi connectivity index (χ2n) is 4.67. The third-order valence-electron chi connectivity index (χ3n) is 3.28. The Morgan fingerprint density at radius 2 is 2.10 bits per heavy atom. The summed E-state index contributed by atoms with van der Waals surface area (Å²) in [4.78, 5) is 12.3. The van der Waals surface area contributed by atoms with Crippen molar-refractivity contribution in [1.29, 1.82) is 0 Å². The first-order valence-corrected chi connectivity index (χ1v) is 7.41. The molecule has 0 fully saturated rings. The van der Waals surface area contributed by atoms with E-state index in [1.807, 2.05) is 24.3 Å². The van der Waals surface area contributed by atoms with Crippen molar-refractivity contribution >= 4 is 44.8 Å². The van der Waals surface area contributed by atoms with Crippen LogP contribution < -0.4 is 10.6 Å². The van der Waals surface area contributed by atoms with Crippen LogP contribution in [0.5, 0.6) is 0 Å². The van der Waals surface area contributed by atoms with Gasteiger partial charge in [-0.3, -0.25) is 4.79 Å². The Morgan fingerprint density at radius 1 is 1.30 bits per heavy atom. The van der Waals surface area contributed by atoms with E-state index in [-0.39, 0.29) is 11.9 Å². The van der Waals surface area contributed by atoms with Gasteiger partial charge in [0.2, 0.25) is 5.91 Å². The first-order chi connectivity index (χ1) is 9.63. The van der Waals surface area contributed by atoms with Gasteiger partial charge < -0.3 is 10.6 Å². The molecular weight excluding hydrogens is 340 g/mol. The topological polar surface area (TPSA) is 41.1 Å². The summed E-state index contributed by atoms with van der Waals surface area (Å²) in [5, 5.41) is 6.77. The highest BCUT2D eigenvalue weighted by Crippen LogP contribution is 2.28. The Balaban J connectivity index is 1.72. The highest BCUT2D eigenvalue weighted by atomic mass is 79.9. The molecule has 0 aromatic heterocycles. The van der Waals surface area contributed by atoms with Crippen LogP contribution in [-0.2, 0) is 11.2 Å². The summed E-state index contributed by atoms with van der Waals surface area (Å²) in [6, 6.07) is 13.0.